The van der Waals surface area contributed by atoms with Crippen LogP contribution in [0, 0.1) is 0 Å². The predicted molar refractivity (Wildman–Crippen MR) is 46.9 cm³/mol. The molecule has 66 valence electrons. The van der Waals surface area contributed by atoms with Crippen molar-refractivity contribution in [2.24, 2.45) is 5.73 Å². The number of aromatic hydroxyl groups is 1. The van der Waals surface area contributed by atoms with Gasteiger partial charge in [-0.25, -0.2) is 0 Å². The van der Waals surface area contributed by atoms with E-state index in [1.807, 2.05) is 0 Å². The molecule has 3 heteroatoms. The van der Waals surface area contributed by atoms with Crippen LogP contribution in [0.4, 0.5) is 0 Å². The molecule has 0 aliphatic heterocycles. The summed E-state index contributed by atoms with van der Waals surface area (Å²) in [5.74, 6) is 0.255. The Morgan fingerprint density at radius 3 is 2.42 bits per heavy atom. The molecule has 0 saturated carbocycles. The summed E-state index contributed by atoms with van der Waals surface area (Å²) >= 11 is 0. The maximum absolute atomic E-state index is 9.01. The van der Waals surface area contributed by atoms with Gasteiger partial charge in [0.25, 0.3) is 0 Å². The second-order valence-electron chi connectivity index (χ2n) is 2.55. The highest BCUT2D eigenvalue weighted by atomic mass is 16.5. The largest absolute Gasteiger partial charge is 0.508 e. The molecule has 0 radical (unpaired) electrons. The SMILES string of the molecule is CO[C@@H](CN)c1ccc(O)cc1. The van der Waals surface area contributed by atoms with Crippen LogP contribution in [0.5, 0.6) is 5.75 Å². The van der Waals surface area contributed by atoms with Crippen LogP contribution in [0.15, 0.2) is 24.3 Å². The fourth-order valence-corrected chi connectivity index (χ4v) is 1.06. The molecule has 0 aliphatic rings. The standard InChI is InChI=1S/C9H13NO2/c1-12-9(6-10)7-2-4-8(11)5-3-7/h2-5,9,11H,6,10H2,1H3/t9-/m0/s1. The molecule has 0 heterocycles. The van der Waals surface area contributed by atoms with E-state index in [-0.39, 0.29) is 11.9 Å². The molecule has 1 aromatic rings. The van der Waals surface area contributed by atoms with Crippen molar-refractivity contribution in [3.8, 4) is 5.75 Å². The van der Waals surface area contributed by atoms with Crippen LogP contribution in [0.1, 0.15) is 11.7 Å². The Morgan fingerprint density at radius 2 is 2.00 bits per heavy atom. The first kappa shape index (κ1) is 9.03. The molecule has 0 unspecified atom stereocenters. The zero-order valence-electron chi connectivity index (χ0n) is 7.03. The zero-order valence-corrected chi connectivity index (χ0v) is 7.03. The van der Waals surface area contributed by atoms with Crippen LogP contribution in [-0.2, 0) is 4.74 Å². The molecule has 0 aliphatic carbocycles. The molecule has 0 aromatic heterocycles. The molecular formula is C9H13NO2. The number of hydrogen-bond donors (Lipinski definition) is 2. The summed E-state index contributed by atoms with van der Waals surface area (Å²) in [4.78, 5) is 0. The van der Waals surface area contributed by atoms with E-state index < -0.39 is 0 Å². The minimum Gasteiger partial charge on any atom is -0.508 e. The van der Waals surface area contributed by atoms with E-state index in [4.69, 9.17) is 15.6 Å². The van der Waals surface area contributed by atoms with Gasteiger partial charge in [0.15, 0.2) is 0 Å². The first-order valence-corrected chi connectivity index (χ1v) is 3.79. The van der Waals surface area contributed by atoms with Crippen LogP contribution in [-0.4, -0.2) is 18.8 Å². The van der Waals surface area contributed by atoms with Crippen molar-refractivity contribution in [2.75, 3.05) is 13.7 Å². The molecule has 0 spiro atoms. The van der Waals surface area contributed by atoms with E-state index in [2.05, 4.69) is 0 Å². The van der Waals surface area contributed by atoms with Crippen LogP contribution >= 0.6 is 0 Å². The van der Waals surface area contributed by atoms with Gasteiger partial charge in [0.2, 0.25) is 0 Å². The number of rotatable bonds is 3. The Balaban J connectivity index is 2.80. The third-order valence-corrected chi connectivity index (χ3v) is 1.76. The summed E-state index contributed by atoms with van der Waals surface area (Å²) in [7, 11) is 1.62. The average Bonchev–Trinajstić information content (AvgIpc) is 2.10. The van der Waals surface area contributed by atoms with Gasteiger partial charge in [-0.15, -0.1) is 0 Å². The molecule has 1 atom stereocenters. The number of hydrogen-bond acceptors (Lipinski definition) is 3. The summed E-state index contributed by atoms with van der Waals surface area (Å²) in [6.45, 7) is 0.446. The number of benzene rings is 1. The van der Waals surface area contributed by atoms with Gasteiger partial charge in [0.1, 0.15) is 5.75 Å². The Hall–Kier alpha value is -1.06. The number of phenols is 1. The molecule has 0 amide bonds. The Bertz CT molecular complexity index is 229. The maximum atomic E-state index is 9.01. The van der Waals surface area contributed by atoms with Crippen molar-refractivity contribution in [1.29, 1.82) is 0 Å². The maximum Gasteiger partial charge on any atom is 0.115 e. The summed E-state index contributed by atoms with van der Waals surface area (Å²) in [5.41, 5.74) is 6.45. The van der Waals surface area contributed by atoms with Crippen LogP contribution in [0.3, 0.4) is 0 Å². The molecular weight excluding hydrogens is 154 g/mol. The van der Waals surface area contributed by atoms with E-state index in [1.165, 1.54) is 0 Å². The van der Waals surface area contributed by atoms with E-state index in [0.717, 1.165) is 5.56 Å². The second kappa shape index (κ2) is 4.09. The normalized spacial score (nSPS) is 12.8. The molecule has 3 nitrogen and oxygen atoms in total. The lowest BCUT2D eigenvalue weighted by atomic mass is 10.1. The fourth-order valence-electron chi connectivity index (χ4n) is 1.06. The number of phenolic OH excluding ortho intramolecular Hbond substituents is 1. The number of ether oxygens (including phenoxy) is 1. The van der Waals surface area contributed by atoms with Gasteiger partial charge < -0.3 is 15.6 Å². The van der Waals surface area contributed by atoms with Gasteiger partial charge in [-0.3, -0.25) is 0 Å². The fraction of sp³-hybridized carbons (Fsp3) is 0.333. The molecule has 0 bridgehead atoms. The third-order valence-electron chi connectivity index (χ3n) is 1.76. The van der Waals surface area contributed by atoms with Gasteiger partial charge in [-0.1, -0.05) is 12.1 Å². The van der Waals surface area contributed by atoms with E-state index in [0.29, 0.717) is 6.54 Å². The topological polar surface area (TPSA) is 55.5 Å². The highest BCUT2D eigenvalue weighted by molar-refractivity contribution is 5.27. The van der Waals surface area contributed by atoms with Crippen molar-refractivity contribution in [3.05, 3.63) is 29.8 Å². The minimum atomic E-state index is -0.0781. The van der Waals surface area contributed by atoms with Crippen LogP contribution in [0.25, 0.3) is 0 Å². The van der Waals surface area contributed by atoms with Crippen molar-refractivity contribution in [3.63, 3.8) is 0 Å². The lowest BCUT2D eigenvalue weighted by molar-refractivity contribution is 0.110. The van der Waals surface area contributed by atoms with Crippen molar-refractivity contribution in [1.82, 2.24) is 0 Å². The van der Waals surface area contributed by atoms with Gasteiger partial charge in [-0.05, 0) is 17.7 Å². The van der Waals surface area contributed by atoms with Crippen molar-refractivity contribution >= 4 is 0 Å². The van der Waals surface area contributed by atoms with Gasteiger partial charge in [-0.2, -0.15) is 0 Å². The summed E-state index contributed by atoms with van der Waals surface area (Å²) in [5, 5.41) is 9.01. The predicted octanol–water partition coefficient (Wildman–Crippen LogP) is 1.04. The van der Waals surface area contributed by atoms with Gasteiger partial charge >= 0.3 is 0 Å². The highest BCUT2D eigenvalue weighted by Crippen LogP contribution is 2.17. The van der Waals surface area contributed by atoms with E-state index in [1.54, 1.807) is 31.4 Å². The lowest BCUT2D eigenvalue weighted by Gasteiger charge is -2.12. The van der Waals surface area contributed by atoms with E-state index >= 15 is 0 Å². The molecule has 0 saturated heterocycles. The monoisotopic (exact) mass is 167 g/mol. The highest BCUT2D eigenvalue weighted by Gasteiger charge is 2.06. The molecule has 3 N–H and O–H groups in total. The average molecular weight is 167 g/mol. The first-order valence-electron chi connectivity index (χ1n) is 3.79. The first-order chi connectivity index (χ1) is 5.77. The quantitative estimate of drug-likeness (QED) is 0.707. The molecule has 0 fully saturated rings. The third kappa shape index (κ3) is 1.96. The van der Waals surface area contributed by atoms with Crippen molar-refractivity contribution < 1.29 is 9.84 Å². The van der Waals surface area contributed by atoms with Gasteiger partial charge in [0, 0.05) is 13.7 Å². The summed E-state index contributed by atoms with van der Waals surface area (Å²) < 4.78 is 5.12. The summed E-state index contributed by atoms with van der Waals surface area (Å²) in [6, 6.07) is 6.85. The Kier molecular flexibility index (Phi) is 3.08. The zero-order chi connectivity index (χ0) is 8.97. The van der Waals surface area contributed by atoms with Crippen molar-refractivity contribution in [2.45, 2.75) is 6.10 Å². The van der Waals surface area contributed by atoms with Crippen LogP contribution in [0.2, 0.25) is 0 Å². The molecule has 12 heavy (non-hydrogen) atoms. The number of nitrogens with two attached hydrogens (primary N) is 1. The molecule has 1 aromatic carbocycles. The second-order valence-corrected chi connectivity index (χ2v) is 2.55. The molecule has 1 rings (SSSR count). The lowest BCUT2D eigenvalue weighted by Crippen LogP contribution is -2.13. The minimum absolute atomic E-state index is 0.0781. The Morgan fingerprint density at radius 1 is 1.42 bits per heavy atom. The number of methoxy groups -OCH3 is 1. The van der Waals surface area contributed by atoms with E-state index in [9.17, 15) is 0 Å². The van der Waals surface area contributed by atoms with Gasteiger partial charge in [0.05, 0.1) is 6.10 Å². The summed E-state index contributed by atoms with van der Waals surface area (Å²) in [6.07, 6.45) is -0.0781. The Labute approximate surface area is 71.8 Å². The smallest absolute Gasteiger partial charge is 0.115 e. The van der Waals surface area contributed by atoms with Crippen LogP contribution < -0.4 is 5.73 Å².